The van der Waals surface area contributed by atoms with E-state index in [1.807, 2.05) is 18.2 Å². The number of hydrogen-bond acceptors (Lipinski definition) is 7. The van der Waals surface area contributed by atoms with Crippen LogP contribution in [0.4, 0.5) is 5.82 Å². The molecule has 156 valence electrons. The van der Waals surface area contributed by atoms with Crippen molar-refractivity contribution in [3.05, 3.63) is 42.5 Å². The SMILES string of the molecule is O=CO.O=CO.OC1CN(C2CCN(c3ccc(-c4ccccc4)nn3)CC2)C1. The molecule has 0 spiro atoms. The number of aromatic nitrogens is 2. The average Bonchev–Trinajstić information content (AvgIpc) is 2.74. The molecule has 2 saturated heterocycles. The van der Waals surface area contributed by atoms with E-state index in [0.29, 0.717) is 6.04 Å². The fourth-order valence-electron chi connectivity index (χ4n) is 3.50. The van der Waals surface area contributed by atoms with E-state index in [1.54, 1.807) is 0 Å². The average molecular weight is 402 g/mol. The number of carbonyl (C=O) groups is 2. The molecule has 1 aromatic heterocycles. The van der Waals surface area contributed by atoms with Crippen molar-refractivity contribution in [1.82, 2.24) is 15.1 Å². The molecule has 3 N–H and O–H groups in total. The fourth-order valence-corrected chi connectivity index (χ4v) is 3.50. The number of anilines is 1. The number of aliphatic hydroxyl groups excluding tert-OH is 1. The molecule has 0 aliphatic carbocycles. The lowest BCUT2D eigenvalue weighted by molar-refractivity contribution is -0.123. The van der Waals surface area contributed by atoms with E-state index in [-0.39, 0.29) is 19.0 Å². The number of piperidine rings is 1. The molecular formula is C20H26N4O5. The second-order valence-electron chi connectivity index (χ2n) is 6.68. The smallest absolute Gasteiger partial charge is 0.290 e. The molecule has 0 unspecified atom stereocenters. The molecule has 3 heterocycles. The lowest BCUT2D eigenvalue weighted by atomic mass is 9.98. The molecule has 0 bridgehead atoms. The molecule has 2 aliphatic rings. The molecule has 29 heavy (non-hydrogen) atoms. The minimum absolute atomic E-state index is 0.107. The molecule has 0 radical (unpaired) electrons. The van der Waals surface area contributed by atoms with Crippen LogP contribution in [0.2, 0.25) is 0 Å². The summed E-state index contributed by atoms with van der Waals surface area (Å²) in [6.45, 7) is 3.21. The highest BCUT2D eigenvalue weighted by atomic mass is 16.3. The maximum absolute atomic E-state index is 9.43. The topological polar surface area (TPSA) is 127 Å². The maximum Gasteiger partial charge on any atom is 0.290 e. The van der Waals surface area contributed by atoms with Crippen LogP contribution >= 0.6 is 0 Å². The van der Waals surface area contributed by atoms with Crippen LogP contribution in [0.1, 0.15) is 12.8 Å². The van der Waals surface area contributed by atoms with Crippen LogP contribution in [0.15, 0.2) is 42.5 Å². The Balaban J connectivity index is 0.000000449. The van der Waals surface area contributed by atoms with Crippen molar-refractivity contribution in [3.63, 3.8) is 0 Å². The molecule has 9 heteroatoms. The summed E-state index contributed by atoms with van der Waals surface area (Å²) < 4.78 is 0. The van der Waals surface area contributed by atoms with E-state index in [2.05, 4.69) is 44.3 Å². The monoisotopic (exact) mass is 402 g/mol. The van der Waals surface area contributed by atoms with Crippen LogP contribution in [-0.2, 0) is 9.59 Å². The molecule has 4 rings (SSSR count). The number of β-amino-alcohol motifs (C(OH)–C–C–N with tert-alkyl or cyclic N) is 1. The van der Waals surface area contributed by atoms with Gasteiger partial charge in [-0.15, -0.1) is 10.2 Å². The molecule has 2 fully saturated rings. The molecular weight excluding hydrogens is 376 g/mol. The van der Waals surface area contributed by atoms with Crippen molar-refractivity contribution in [2.75, 3.05) is 31.1 Å². The standard InChI is InChI=1S/C18H22N4O.2CH2O2/c23-16-12-22(13-16)15-8-10-21(11-9-15)18-7-6-17(19-20-18)14-4-2-1-3-5-14;2*2-1-3/h1-7,15-16,23H,8-13H2;2*1H,(H,2,3). The van der Waals surface area contributed by atoms with Gasteiger partial charge in [0.2, 0.25) is 0 Å². The Bertz CT molecular complexity index is 724. The molecule has 0 amide bonds. The molecule has 0 atom stereocenters. The largest absolute Gasteiger partial charge is 0.483 e. The van der Waals surface area contributed by atoms with Crippen LogP contribution in [0, 0.1) is 0 Å². The first-order valence-electron chi connectivity index (χ1n) is 9.34. The molecule has 0 saturated carbocycles. The Morgan fingerprint density at radius 2 is 1.48 bits per heavy atom. The summed E-state index contributed by atoms with van der Waals surface area (Å²) in [6.07, 6.45) is 2.16. The fraction of sp³-hybridized carbons (Fsp3) is 0.400. The Hall–Kier alpha value is -3.04. The van der Waals surface area contributed by atoms with Gasteiger partial charge in [-0.2, -0.15) is 0 Å². The van der Waals surface area contributed by atoms with Gasteiger partial charge in [0.1, 0.15) is 0 Å². The Kier molecular flexibility index (Phi) is 9.00. The first-order chi connectivity index (χ1) is 14.1. The van der Waals surface area contributed by atoms with Gasteiger partial charge in [-0.05, 0) is 25.0 Å². The number of rotatable bonds is 3. The van der Waals surface area contributed by atoms with E-state index in [1.165, 1.54) is 0 Å². The van der Waals surface area contributed by atoms with Crippen molar-refractivity contribution in [2.45, 2.75) is 25.0 Å². The van der Waals surface area contributed by atoms with Crippen molar-refractivity contribution in [3.8, 4) is 11.3 Å². The Morgan fingerprint density at radius 3 is 1.97 bits per heavy atom. The highest BCUT2D eigenvalue weighted by molar-refractivity contribution is 5.59. The van der Waals surface area contributed by atoms with Gasteiger partial charge in [0, 0.05) is 37.8 Å². The minimum atomic E-state index is -0.250. The Morgan fingerprint density at radius 1 is 0.897 bits per heavy atom. The summed E-state index contributed by atoms with van der Waals surface area (Å²) in [4.78, 5) is 21.4. The van der Waals surface area contributed by atoms with E-state index >= 15 is 0 Å². The van der Waals surface area contributed by atoms with E-state index in [4.69, 9.17) is 19.8 Å². The zero-order chi connectivity index (χ0) is 21.1. The van der Waals surface area contributed by atoms with Gasteiger partial charge >= 0.3 is 0 Å². The highest BCUT2D eigenvalue weighted by Crippen LogP contribution is 2.25. The summed E-state index contributed by atoms with van der Waals surface area (Å²) in [6, 6.07) is 14.9. The second-order valence-corrected chi connectivity index (χ2v) is 6.68. The first-order valence-corrected chi connectivity index (χ1v) is 9.34. The zero-order valence-electron chi connectivity index (χ0n) is 16.0. The van der Waals surface area contributed by atoms with Gasteiger partial charge < -0.3 is 20.2 Å². The quantitative estimate of drug-likeness (QED) is 0.649. The summed E-state index contributed by atoms with van der Waals surface area (Å²) in [5.41, 5.74) is 2.01. The van der Waals surface area contributed by atoms with Gasteiger partial charge in [-0.1, -0.05) is 30.3 Å². The minimum Gasteiger partial charge on any atom is -0.483 e. The lowest BCUT2D eigenvalue weighted by Crippen LogP contribution is -2.57. The van der Waals surface area contributed by atoms with Gasteiger partial charge in [-0.3, -0.25) is 14.5 Å². The van der Waals surface area contributed by atoms with Crippen molar-refractivity contribution < 1.29 is 24.9 Å². The van der Waals surface area contributed by atoms with Crippen LogP contribution < -0.4 is 4.90 Å². The van der Waals surface area contributed by atoms with Crippen molar-refractivity contribution >= 4 is 18.8 Å². The molecule has 2 aromatic rings. The van der Waals surface area contributed by atoms with E-state index in [0.717, 1.165) is 56.1 Å². The van der Waals surface area contributed by atoms with E-state index < -0.39 is 0 Å². The van der Waals surface area contributed by atoms with Gasteiger partial charge in [0.05, 0.1) is 11.8 Å². The predicted molar refractivity (Wildman–Crippen MR) is 108 cm³/mol. The number of benzene rings is 1. The number of hydrogen-bond donors (Lipinski definition) is 3. The Labute approximate surface area is 169 Å². The number of nitrogens with zero attached hydrogens (tertiary/aromatic N) is 4. The zero-order valence-corrected chi connectivity index (χ0v) is 16.0. The number of aliphatic hydroxyl groups is 1. The van der Waals surface area contributed by atoms with Crippen LogP contribution in [0.5, 0.6) is 0 Å². The highest BCUT2D eigenvalue weighted by Gasteiger charge is 2.33. The van der Waals surface area contributed by atoms with Crippen molar-refractivity contribution in [1.29, 1.82) is 0 Å². The van der Waals surface area contributed by atoms with Crippen LogP contribution in [0.3, 0.4) is 0 Å². The third-order valence-corrected chi connectivity index (χ3v) is 4.92. The second kappa shape index (κ2) is 11.7. The summed E-state index contributed by atoms with van der Waals surface area (Å²) in [7, 11) is 0. The third-order valence-electron chi connectivity index (χ3n) is 4.92. The maximum atomic E-state index is 9.43. The van der Waals surface area contributed by atoms with E-state index in [9.17, 15) is 5.11 Å². The predicted octanol–water partition coefficient (Wildman–Crippen LogP) is 1.19. The van der Waals surface area contributed by atoms with Gasteiger partial charge in [0.15, 0.2) is 5.82 Å². The molecule has 2 aliphatic heterocycles. The van der Waals surface area contributed by atoms with Crippen molar-refractivity contribution in [2.24, 2.45) is 0 Å². The summed E-state index contributed by atoms with van der Waals surface area (Å²) in [5.74, 6) is 0.965. The number of carboxylic acid groups (broad SMARTS) is 2. The molecule has 1 aromatic carbocycles. The van der Waals surface area contributed by atoms with Crippen LogP contribution in [0.25, 0.3) is 11.3 Å². The van der Waals surface area contributed by atoms with Crippen LogP contribution in [-0.4, -0.2) is 81.7 Å². The summed E-state index contributed by atoms with van der Waals surface area (Å²) in [5, 5.41) is 32.0. The van der Waals surface area contributed by atoms with Gasteiger partial charge in [-0.25, -0.2) is 0 Å². The van der Waals surface area contributed by atoms with Gasteiger partial charge in [0.25, 0.3) is 12.9 Å². The lowest BCUT2D eigenvalue weighted by Gasteiger charge is -2.45. The summed E-state index contributed by atoms with van der Waals surface area (Å²) >= 11 is 0. The normalized spacial score (nSPS) is 17.1. The third kappa shape index (κ3) is 6.51. The molecule has 9 nitrogen and oxygen atoms in total. The number of likely N-dealkylation sites (tertiary alicyclic amines) is 1. The first kappa shape index (κ1) is 22.3.